The molecule has 2 heterocycles. The third-order valence-electron chi connectivity index (χ3n) is 6.07. The average molecular weight is 543 g/mol. The van der Waals surface area contributed by atoms with Crippen LogP contribution >= 0.6 is 23.4 Å². The Labute approximate surface area is 231 Å². The molecule has 0 bridgehead atoms. The number of nitrogens with one attached hydrogen (secondary N) is 1. The molecule has 0 spiro atoms. The second-order valence-electron chi connectivity index (χ2n) is 8.68. The van der Waals surface area contributed by atoms with E-state index in [-0.39, 0.29) is 5.91 Å². The standard InChI is InChI=1S/C30H27ClN4O2S/c1-2-37-28-6-4-3-5-24(28)17-33-29(36)23-11-7-21(8-12-23)19-35-27-18-32-16-15-26(27)34-30(35)38-20-22-9-13-25(31)14-10-22/h3-16,18H,2,17,19-20H2,1H3,(H,33,36). The van der Waals surface area contributed by atoms with Crippen LogP contribution < -0.4 is 10.1 Å². The molecule has 0 fully saturated rings. The third kappa shape index (κ3) is 6.18. The number of carbonyl (C=O) groups is 1. The molecular weight excluding hydrogens is 516 g/mol. The van der Waals surface area contributed by atoms with Crippen LogP contribution in [0.4, 0.5) is 0 Å². The van der Waals surface area contributed by atoms with Crippen LogP contribution in [-0.4, -0.2) is 27.0 Å². The van der Waals surface area contributed by atoms with Crippen LogP contribution in [0, 0.1) is 0 Å². The molecule has 0 aliphatic heterocycles. The molecule has 0 unspecified atom stereocenters. The van der Waals surface area contributed by atoms with Gasteiger partial charge in [-0.3, -0.25) is 9.78 Å². The van der Waals surface area contributed by atoms with Crippen molar-refractivity contribution in [3.63, 3.8) is 0 Å². The Kier molecular flexibility index (Phi) is 8.26. The summed E-state index contributed by atoms with van der Waals surface area (Å²) in [7, 11) is 0. The van der Waals surface area contributed by atoms with Crippen molar-refractivity contribution in [2.24, 2.45) is 0 Å². The van der Waals surface area contributed by atoms with Gasteiger partial charge in [-0.1, -0.05) is 65.8 Å². The Balaban J connectivity index is 1.28. The van der Waals surface area contributed by atoms with Crippen molar-refractivity contribution in [3.8, 4) is 5.75 Å². The molecule has 1 N–H and O–H groups in total. The monoisotopic (exact) mass is 542 g/mol. The quantitative estimate of drug-likeness (QED) is 0.198. The van der Waals surface area contributed by atoms with Crippen molar-refractivity contribution in [1.29, 1.82) is 0 Å². The van der Waals surface area contributed by atoms with Gasteiger partial charge in [0.1, 0.15) is 5.75 Å². The molecule has 1 amide bonds. The van der Waals surface area contributed by atoms with Gasteiger partial charge in [-0.2, -0.15) is 0 Å². The molecule has 6 nitrogen and oxygen atoms in total. The van der Waals surface area contributed by atoms with Gasteiger partial charge >= 0.3 is 0 Å². The molecule has 0 aliphatic rings. The van der Waals surface area contributed by atoms with E-state index in [1.54, 1.807) is 18.0 Å². The van der Waals surface area contributed by atoms with Crippen LogP contribution in [0.5, 0.6) is 5.75 Å². The van der Waals surface area contributed by atoms with E-state index < -0.39 is 0 Å². The second-order valence-corrected chi connectivity index (χ2v) is 10.1. The maximum atomic E-state index is 12.8. The van der Waals surface area contributed by atoms with Crippen molar-refractivity contribution in [1.82, 2.24) is 19.9 Å². The lowest BCUT2D eigenvalue weighted by Gasteiger charge is -2.12. The molecule has 0 radical (unpaired) electrons. The maximum absolute atomic E-state index is 12.8. The summed E-state index contributed by atoms with van der Waals surface area (Å²) in [6.07, 6.45) is 3.60. The zero-order chi connectivity index (χ0) is 26.3. The summed E-state index contributed by atoms with van der Waals surface area (Å²) in [4.78, 5) is 22.0. The molecule has 0 atom stereocenters. The Morgan fingerprint density at radius 2 is 1.76 bits per heavy atom. The highest BCUT2D eigenvalue weighted by Gasteiger charge is 2.13. The minimum absolute atomic E-state index is 0.126. The molecule has 192 valence electrons. The van der Waals surface area contributed by atoms with Crippen molar-refractivity contribution < 1.29 is 9.53 Å². The number of hydrogen-bond donors (Lipinski definition) is 1. The molecule has 0 saturated heterocycles. The molecule has 38 heavy (non-hydrogen) atoms. The number of aromatic nitrogens is 3. The highest BCUT2D eigenvalue weighted by molar-refractivity contribution is 7.98. The number of para-hydroxylation sites is 1. The number of hydrogen-bond acceptors (Lipinski definition) is 5. The van der Waals surface area contributed by atoms with E-state index in [0.29, 0.717) is 25.3 Å². The summed E-state index contributed by atoms with van der Waals surface area (Å²) in [5, 5.41) is 4.64. The van der Waals surface area contributed by atoms with E-state index in [9.17, 15) is 4.79 Å². The van der Waals surface area contributed by atoms with Gasteiger partial charge in [0.15, 0.2) is 5.16 Å². The molecule has 5 aromatic rings. The van der Waals surface area contributed by atoms with Gasteiger partial charge in [0, 0.05) is 34.6 Å². The van der Waals surface area contributed by atoms with Gasteiger partial charge < -0.3 is 14.6 Å². The van der Waals surface area contributed by atoms with Crippen LogP contribution in [0.2, 0.25) is 5.02 Å². The fourth-order valence-electron chi connectivity index (χ4n) is 4.11. The number of halogens is 1. The summed E-state index contributed by atoms with van der Waals surface area (Å²) >= 11 is 7.71. The zero-order valence-corrected chi connectivity index (χ0v) is 22.5. The lowest BCUT2D eigenvalue weighted by molar-refractivity contribution is 0.0950. The van der Waals surface area contributed by atoms with E-state index in [2.05, 4.69) is 14.9 Å². The van der Waals surface area contributed by atoms with Gasteiger partial charge in [0.25, 0.3) is 5.91 Å². The molecule has 0 aliphatic carbocycles. The molecular formula is C30H27ClN4O2S. The van der Waals surface area contributed by atoms with E-state index in [1.807, 2.05) is 92.0 Å². The number of carbonyl (C=O) groups excluding carboxylic acids is 1. The topological polar surface area (TPSA) is 69.0 Å². The van der Waals surface area contributed by atoms with Crippen LogP contribution in [0.3, 0.4) is 0 Å². The van der Waals surface area contributed by atoms with Gasteiger partial charge in [-0.25, -0.2) is 4.98 Å². The van der Waals surface area contributed by atoms with Crippen LogP contribution in [0.15, 0.2) is 96.4 Å². The highest BCUT2D eigenvalue weighted by Crippen LogP contribution is 2.28. The van der Waals surface area contributed by atoms with Gasteiger partial charge in [0.05, 0.1) is 30.4 Å². The number of thioether (sulfide) groups is 1. The lowest BCUT2D eigenvalue weighted by atomic mass is 10.1. The number of pyridine rings is 1. The third-order valence-corrected chi connectivity index (χ3v) is 7.36. The summed E-state index contributed by atoms with van der Waals surface area (Å²) in [6.45, 7) is 3.55. The first-order chi connectivity index (χ1) is 18.6. The maximum Gasteiger partial charge on any atom is 0.251 e. The summed E-state index contributed by atoms with van der Waals surface area (Å²) in [6, 6.07) is 25.2. The number of fused-ring (bicyclic) bond motifs is 1. The lowest BCUT2D eigenvalue weighted by Crippen LogP contribution is -2.23. The number of rotatable bonds is 10. The summed E-state index contributed by atoms with van der Waals surface area (Å²) in [5.41, 5.74) is 5.68. The molecule has 8 heteroatoms. The molecule has 2 aromatic heterocycles. The van der Waals surface area contributed by atoms with Crippen LogP contribution in [-0.2, 0) is 18.8 Å². The number of nitrogens with zero attached hydrogens (tertiary/aromatic N) is 3. The van der Waals surface area contributed by atoms with Gasteiger partial charge in [-0.05, 0) is 54.4 Å². The second kappa shape index (κ2) is 12.2. The van der Waals surface area contributed by atoms with E-state index in [0.717, 1.165) is 43.8 Å². The van der Waals surface area contributed by atoms with Gasteiger partial charge in [-0.15, -0.1) is 0 Å². The Morgan fingerprint density at radius 1 is 1.00 bits per heavy atom. The first kappa shape index (κ1) is 25.8. The zero-order valence-electron chi connectivity index (χ0n) is 20.9. The first-order valence-electron chi connectivity index (χ1n) is 12.4. The Morgan fingerprint density at radius 3 is 2.55 bits per heavy atom. The van der Waals surface area contributed by atoms with Gasteiger partial charge in [0.2, 0.25) is 0 Å². The smallest absolute Gasteiger partial charge is 0.251 e. The number of imidazole rings is 1. The minimum atomic E-state index is -0.126. The number of ether oxygens (including phenoxy) is 1. The predicted molar refractivity (Wildman–Crippen MR) is 153 cm³/mol. The SMILES string of the molecule is CCOc1ccccc1CNC(=O)c1ccc(Cn2c(SCc3ccc(Cl)cc3)nc3ccncc32)cc1. The minimum Gasteiger partial charge on any atom is -0.494 e. The number of amides is 1. The largest absolute Gasteiger partial charge is 0.494 e. The summed E-state index contributed by atoms with van der Waals surface area (Å²) in [5.74, 6) is 1.44. The summed E-state index contributed by atoms with van der Waals surface area (Å²) < 4.78 is 7.83. The van der Waals surface area contributed by atoms with Crippen LogP contribution in [0.1, 0.15) is 34.0 Å². The molecule has 0 saturated carbocycles. The molecule has 5 rings (SSSR count). The van der Waals surface area contributed by atoms with E-state index in [4.69, 9.17) is 21.3 Å². The fraction of sp³-hybridized carbons (Fsp3) is 0.167. The first-order valence-corrected chi connectivity index (χ1v) is 13.7. The average Bonchev–Trinajstić information content (AvgIpc) is 3.30. The van der Waals surface area contributed by atoms with Crippen molar-refractivity contribution in [3.05, 3.63) is 119 Å². The fourth-order valence-corrected chi connectivity index (χ4v) is 5.20. The predicted octanol–water partition coefficient (Wildman–Crippen LogP) is 6.75. The van der Waals surface area contributed by atoms with E-state index in [1.165, 1.54) is 5.56 Å². The van der Waals surface area contributed by atoms with Crippen molar-refractivity contribution in [2.45, 2.75) is 30.9 Å². The molecule has 3 aromatic carbocycles. The normalized spacial score (nSPS) is 11.0. The van der Waals surface area contributed by atoms with Crippen LogP contribution in [0.25, 0.3) is 11.0 Å². The Hall–Kier alpha value is -3.81. The van der Waals surface area contributed by atoms with E-state index >= 15 is 0 Å². The number of benzene rings is 3. The van der Waals surface area contributed by atoms with Crippen molar-refractivity contribution in [2.75, 3.05) is 6.61 Å². The Bertz CT molecular complexity index is 1530. The highest BCUT2D eigenvalue weighted by atomic mass is 35.5. The van der Waals surface area contributed by atoms with Crippen molar-refractivity contribution >= 4 is 40.3 Å².